The van der Waals surface area contributed by atoms with Gasteiger partial charge < -0.3 is 15.0 Å². The molecule has 2 heterocycles. The molecule has 1 amide bonds. The summed E-state index contributed by atoms with van der Waals surface area (Å²) in [6.07, 6.45) is 2.66. The molecule has 0 aliphatic carbocycles. The number of ether oxygens (including phenoxy) is 1. The van der Waals surface area contributed by atoms with Crippen molar-refractivity contribution < 1.29 is 9.53 Å². The van der Waals surface area contributed by atoms with E-state index in [1.807, 2.05) is 28.8 Å². The van der Waals surface area contributed by atoms with Crippen LogP contribution >= 0.6 is 40.1 Å². The number of rotatable bonds is 4. The second-order valence-corrected chi connectivity index (χ2v) is 8.13. The van der Waals surface area contributed by atoms with Crippen molar-refractivity contribution in [1.29, 1.82) is 0 Å². The number of carbonyl (C=O) groups is 1. The average molecular weight is 436 g/mol. The van der Waals surface area contributed by atoms with E-state index in [1.165, 1.54) is 0 Å². The maximum atomic E-state index is 12.8. The number of halogens is 2. The number of benzene rings is 1. The number of hydrogen-bond acceptors (Lipinski definition) is 4. The average Bonchev–Trinajstić information content (AvgIpc) is 3.05. The molecule has 0 spiro atoms. The lowest BCUT2D eigenvalue weighted by Crippen LogP contribution is -2.42. The van der Waals surface area contributed by atoms with Gasteiger partial charge in [-0.15, -0.1) is 12.4 Å². The van der Waals surface area contributed by atoms with E-state index in [-0.39, 0.29) is 24.4 Å². The monoisotopic (exact) mass is 434 g/mol. The summed E-state index contributed by atoms with van der Waals surface area (Å²) in [5.74, 6) is 3.30. The van der Waals surface area contributed by atoms with E-state index in [4.69, 9.17) is 4.74 Å². The fourth-order valence-electron chi connectivity index (χ4n) is 3.43. The fourth-order valence-corrected chi connectivity index (χ4v) is 4.76. The highest BCUT2D eigenvalue weighted by molar-refractivity contribution is 9.10. The van der Waals surface area contributed by atoms with Crippen molar-refractivity contribution in [3.63, 3.8) is 0 Å². The molecular weight excluding hydrogens is 412 g/mol. The Balaban J connectivity index is 0.00000208. The highest BCUT2D eigenvalue weighted by Gasteiger charge is 2.33. The van der Waals surface area contributed by atoms with Gasteiger partial charge in [-0.3, -0.25) is 4.79 Å². The van der Waals surface area contributed by atoms with Gasteiger partial charge >= 0.3 is 0 Å². The molecule has 2 aliphatic heterocycles. The van der Waals surface area contributed by atoms with Crippen molar-refractivity contribution in [3.8, 4) is 5.75 Å². The molecule has 0 bridgehead atoms. The minimum absolute atomic E-state index is 0. The van der Waals surface area contributed by atoms with Gasteiger partial charge in [0, 0.05) is 47.1 Å². The number of hydrogen-bond donors (Lipinski definition) is 1. The summed E-state index contributed by atoms with van der Waals surface area (Å²) < 4.78 is 6.54. The standard InChI is InChI=1S/C17H23BrN2O2S.ClH/c1-22-16-5-4-12(18)9-14(16)15-3-2-7-20(15)17(21)10-13-11-23-8-6-19-13;/h4-5,9,13,15,19H,2-3,6-8,10-11H2,1H3;1H. The molecular formula is C17H24BrClN2O2S. The minimum Gasteiger partial charge on any atom is -0.496 e. The zero-order chi connectivity index (χ0) is 16.2. The van der Waals surface area contributed by atoms with Crippen LogP contribution in [0, 0.1) is 0 Å². The maximum absolute atomic E-state index is 12.8. The number of nitrogens with one attached hydrogen (secondary N) is 1. The Morgan fingerprint density at radius 3 is 3.04 bits per heavy atom. The lowest BCUT2D eigenvalue weighted by molar-refractivity contribution is -0.132. The molecule has 0 aromatic heterocycles. The number of amides is 1. The van der Waals surface area contributed by atoms with E-state index in [0.717, 1.165) is 53.2 Å². The fraction of sp³-hybridized carbons (Fsp3) is 0.588. The zero-order valence-corrected chi connectivity index (χ0v) is 17.0. The third kappa shape index (κ3) is 4.59. The van der Waals surface area contributed by atoms with Crippen molar-refractivity contribution in [2.45, 2.75) is 31.3 Å². The first-order chi connectivity index (χ1) is 11.2. The molecule has 2 unspecified atom stereocenters. The number of thioether (sulfide) groups is 1. The van der Waals surface area contributed by atoms with Gasteiger partial charge in [0.2, 0.25) is 5.91 Å². The quantitative estimate of drug-likeness (QED) is 0.784. The predicted octanol–water partition coefficient (Wildman–Crippen LogP) is 3.64. The second-order valence-electron chi connectivity index (χ2n) is 6.06. The highest BCUT2D eigenvalue weighted by Crippen LogP contribution is 2.38. The van der Waals surface area contributed by atoms with Gasteiger partial charge in [0.25, 0.3) is 0 Å². The molecule has 4 nitrogen and oxygen atoms in total. The summed E-state index contributed by atoms with van der Waals surface area (Å²) in [5, 5.41) is 3.46. The Bertz CT molecular complexity index is 570. The van der Waals surface area contributed by atoms with E-state index >= 15 is 0 Å². The largest absolute Gasteiger partial charge is 0.496 e. The summed E-state index contributed by atoms with van der Waals surface area (Å²) in [5.41, 5.74) is 1.11. The summed E-state index contributed by atoms with van der Waals surface area (Å²) >= 11 is 5.47. The van der Waals surface area contributed by atoms with Crippen LogP contribution in [0.15, 0.2) is 22.7 Å². The van der Waals surface area contributed by atoms with Crippen molar-refractivity contribution in [1.82, 2.24) is 10.2 Å². The van der Waals surface area contributed by atoms with Crippen molar-refractivity contribution >= 4 is 46.0 Å². The summed E-state index contributed by atoms with van der Waals surface area (Å²) in [7, 11) is 1.69. The van der Waals surface area contributed by atoms with Gasteiger partial charge in [-0.25, -0.2) is 0 Å². The molecule has 0 saturated carbocycles. The van der Waals surface area contributed by atoms with E-state index < -0.39 is 0 Å². The highest BCUT2D eigenvalue weighted by atomic mass is 79.9. The van der Waals surface area contributed by atoms with Crippen LogP contribution in [0.25, 0.3) is 0 Å². The third-order valence-corrected chi connectivity index (χ3v) is 6.17. The van der Waals surface area contributed by atoms with Gasteiger partial charge in [0.15, 0.2) is 0 Å². The normalized spacial score (nSPS) is 23.7. The first kappa shape index (κ1) is 19.9. The van der Waals surface area contributed by atoms with Crippen molar-refractivity contribution in [2.24, 2.45) is 0 Å². The summed E-state index contributed by atoms with van der Waals surface area (Å²) in [6, 6.07) is 6.48. The lowest BCUT2D eigenvalue weighted by Gasteiger charge is -2.29. The minimum atomic E-state index is 0. The van der Waals surface area contributed by atoms with E-state index in [9.17, 15) is 4.79 Å². The first-order valence-corrected chi connectivity index (χ1v) is 10.1. The van der Waals surface area contributed by atoms with Crippen LogP contribution in [0.2, 0.25) is 0 Å². The summed E-state index contributed by atoms with van der Waals surface area (Å²) in [4.78, 5) is 14.9. The van der Waals surface area contributed by atoms with Crippen LogP contribution < -0.4 is 10.1 Å². The molecule has 24 heavy (non-hydrogen) atoms. The number of carbonyl (C=O) groups excluding carboxylic acids is 1. The van der Waals surface area contributed by atoms with Crippen molar-refractivity contribution in [3.05, 3.63) is 28.2 Å². The van der Waals surface area contributed by atoms with E-state index in [1.54, 1.807) is 7.11 Å². The topological polar surface area (TPSA) is 41.6 Å². The number of nitrogens with zero attached hydrogens (tertiary/aromatic N) is 1. The van der Waals surface area contributed by atoms with Gasteiger partial charge in [-0.1, -0.05) is 15.9 Å². The SMILES string of the molecule is COc1ccc(Br)cc1C1CCCN1C(=O)CC1CSCCN1.Cl. The zero-order valence-electron chi connectivity index (χ0n) is 13.8. The Morgan fingerprint density at radius 2 is 2.33 bits per heavy atom. The Hall–Kier alpha value is -0.430. The molecule has 0 radical (unpaired) electrons. The van der Waals surface area contributed by atoms with E-state index in [2.05, 4.69) is 27.3 Å². The first-order valence-electron chi connectivity index (χ1n) is 8.13. The lowest BCUT2D eigenvalue weighted by atomic mass is 10.0. The number of likely N-dealkylation sites (tertiary alicyclic amines) is 1. The molecule has 2 fully saturated rings. The molecule has 3 rings (SSSR count). The molecule has 2 atom stereocenters. The van der Waals surface area contributed by atoms with Crippen molar-refractivity contribution in [2.75, 3.05) is 31.7 Å². The van der Waals surface area contributed by atoms with Crippen LogP contribution in [0.4, 0.5) is 0 Å². The molecule has 7 heteroatoms. The van der Waals surface area contributed by atoms with Gasteiger partial charge in [0.05, 0.1) is 13.2 Å². The van der Waals surface area contributed by atoms with Crippen LogP contribution in [0.1, 0.15) is 30.9 Å². The van der Waals surface area contributed by atoms with Crippen LogP contribution in [0.5, 0.6) is 5.75 Å². The molecule has 1 aromatic carbocycles. The second kappa shape index (κ2) is 9.32. The molecule has 1 N–H and O–H groups in total. The number of methoxy groups -OCH3 is 1. The Labute approximate surface area is 162 Å². The van der Waals surface area contributed by atoms with Crippen LogP contribution in [-0.2, 0) is 4.79 Å². The van der Waals surface area contributed by atoms with Gasteiger partial charge in [-0.2, -0.15) is 11.8 Å². The van der Waals surface area contributed by atoms with Gasteiger partial charge in [-0.05, 0) is 31.0 Å². The molecule has 2 saturated heterocycles. The maximum Gasteiger partial charge on any atom is 0.224 e. The summed E-state index contributed by atoms with van der Waals surface area (Å²) in [6.45, 7) is 1.85. The smallest absolute Gasteiger partial charge is 0.224 e. The van der Waals surface area contributed by atoms with E-state index in [0.29, 0.717) is 12.5 Å². The Kier molecular flexibility index (Phi) is 7.72. The van der Waals surface area contributed by atoms with Crippen LogP contribution in [0.3, 0.4) is 0 Å². The molecule has 2 aliphatic rings. The predicted molar refractivity (Wildman–Crippen MR) is 105 cm³/mol. The van der Waals surface area contributed by atoms with Crippen LogP contribution in [-0.4, -0.2) is 48.6 Å². The Morgan fingerprint density at radius 1 is 1.50 bits per heavy atom. The third-order valence-electron chi connectivity index (χ3n) is 4.54. The molecule has 134 valence electrons. The molecule has 1 aromatic rings. The van der Waals surface area contributed by atoms with Gasteiger partial charge in [0.1, 0.15) is 5.75 Å².